The zero-order valence-corrected chi connectivity index (χ0v) is 15.9. The Hall–Kier alpha value is -2.88. The first-order valence-electron chi connectivity index (χ1n) is 9.71. The van der Waals surface area contributed by atoms with Crippen LogP contribution < -0.4 is 15.4 Å². The molecular formula is C19H21F2N7O. The highest BCUT2D eigenvalue weighted by Gasteiger charge is 2.30. The molecule has 5 rings (SSSR count). The van der Waals surface area contributed by atoms with Crippen molar-refractivity contribution >= 4 is 11.6 Å². The Labute approximate surface area is 165 Å². The SMILES string of the molecule is COc1cc2ncc(-c3nc(N[C@H]4CNCC[C@@H]4F)ncc3F)n2nc1C1CC1. The standard InChI is InChI=1S/C19H21F2N7O/c1-29-15-6-16-23-9-14(28(16)27-17(15)10-2-3-10)18-12(21)7-24-19(26-18)25-13-8-22-5-4-11(13)20/h6-7,9-11,13,22H,2-5,8H2,1H3,(H,24,25,26)/t11-,13-/m0/s1. The van der Waals surface area contributed by atoms with Crippen LogP contribution in [0.25, 0.3) is 17.0 Å². The van der Waals surface area contributed by atoms with Crippen molar-refractivity contribution in [2.75, 3.05) is 25.5 Å². The molecule has 0 radical (unpaired) electrons. The fraction of sp³-hybridized carbons (Fsp3) is 0.474. The molecule has 0 spiro atoms. The third-order valence-electron chi connectivity index (χ3n) is 5.37. The van der Waals surface area contributed by atoms with E-state index < -0.39 is 18.0 Å². The van der Waals surface area contributed by atoms with E-state index in [2.05, 4.69) is 30.7 Å². The maximum absolute atomic E-state index is 14.6. The van der Waals surface area contributed by atoms with Crippen LogP contribution in [0.1, 0.15) is 30.9 Å². The Morgan fingerprint density at radius 1 is 1.24 bits per heavy atom. The Balaban J connectivity index is 1.53. The second kappa shape index (κ2) is 7.18. The van der Waals surface area contributed by atoms with Crippen molar-refractivity contribution in [1.29, 1.82) is 0 Å². The van der Waals surface area contributed by atoms with Gasteiger partial charge in [-0.15, -0.1) is 0 Å². The van der Waals surface area contributed by atoms with Crippen LogP contribution in [0.2, 0.25) is 0 Å². The number of anilines is 1. The molecule has 0 bridgehead atoms. The molecule has 0 amide bonds. The molecule has 8 nitrogen and oxygen atoms in total. The maximum atomic E-state index is 14.6. The Kier molecular flexibility index (Phi) is 4.50. The molecular weight excluding hydrogens is 380 g/mol. The Morgan fingerprint density at radius 3 is 2.86 bits per heavy atom. The number of fused-ring (bicyclic) bond motifs is 1. The lowest BCUT2D eigenvalue weighted by Crippen LogP contribution is -2.46. The summed E-state index contributed by atoms with van der Waals surface area (Å²) in [5.41, 5.74) is 1.84. The third kappa shape index (κ3) is 3.37. The van der Waals surface area contributed by atoms with E-state index in [9.17, 15) is 8.78 Å². The van der Waals surface area contributed by atoms with E-state index in [1.165, 1.54) is 6.20 Å². The van der Waals surface area contributed by atoms with Gasteiger partial charge in [-0.3, -0.25) is 0 Å². The fourth-order valence-electron chi connectivity index (χ4n) is 3.63. The van der Waals surface area contributed by atoms with E-state index in [0.29, 0.717) is 42.5 Å². The second-order valence-electron chi connectivity index (χ2n) is 7.44. The molecule has 1 saturated carbocycles. The predicted octanol–water partition coefficient (Wildman–Crippen LogP) is 2.32. The minimum Gasteiger partial charge on any atom is -0.495 e. The topological polar surface area (TPSA) is 89.3 Å². The summed E-state index contributed by atoms with van der Waals surface area (Å²) < 4.78 is 35.7. The van der Waals surface area contributed by atoms with E-state index in [-0.39, 0.29) is 11.6 Å². The molecule has 4 heterocycles. The third-order valence-corrected chi connectivity index (χ3v) is 5.37. The van der Waals surface area contributed by atoms with E-state index >= 15 is 0 Å². The minimum atomic E-state index is -1.01. The van der Waals surface area contributed by atoms with Gasteiger partial charge in [-0.2, -0.15) is 5.10 Å². The van der Waals surface area contributed by atoms with Crippen LogP contribution in [-0.4, -0.2) is 57.0 Å². The highest BCUT2D eigenvalue weighted by molar-refractivity contribution is 5.62. The quantitative estimate of drug-likeness (QED) is 0.678. The molecule has 1 saturated heterocycles. The van der Waals surface area contributed by atoms with E-state index in [1.807, 2.05) is 0 Å². The maximum Gasteiger partial charge on any atom is 0.223 e. The van der Waals surface area contributed by atoms with Gasteiger partial charge in [-0.25, -0.2) is 28.2 Å². The van der Waals surface area contributed by atoms with Crippen LogP contribution in [0.5, 0.6) is 5.75 Å². The van der Waals surface area contributed by atoms with Crippen molar-refractivity contribution in [2.45, 2.75) is 37.4 Å². The highest BCUT2D eigenvalue weighted by Crippen LogP contribution is 2.43. The average molecular weight is 401 g/mol. The molecule has 3 aromatic heterocycles. The van der Waals surface area contributed by atoms with Crippen LogP contribution in [0, 0.1) is 5.82 Å². The summed E-state index contributed by atoms with van der Waals surface area (Å²) in [6.45, 7) is 1.09. The molecule has 10 heteroatoms. The number of imidazole rings is 1. The van der Waals surface area contributed by atoms with Crippen molar-refractivity contribution in [3.8, 4) is 17.1 Å². The summed E-state index contributed by atoms with van der Waals surface area (Å²) in [5, 5.41) is 10.8. The summed E-state index contributed by atoms with van der Waals surface area (Å²) in [7, 11) is 1.60. The molecule has 29 heavy (non-hydrogen) atoms. The van der Waals surface area contributed by atoms with Crippen LogP contribution >= 0.6 is 0 Å². The minimum absolute atomic E-state index is 0.0635. The van der Waals surface area contributed by atoms with E-state index in [1.54, 1.807) is 17.7 Å². The van der Waals surface area contributed by atoms with Crippen LogP contribution in [0.3, 0.4) is 0 Å². The lowest BCUT2D eigenvalue weighted by Gasteiger charge is -2.27. The van der Waals surface area contributed by atoms with Gasteiger partial charge in [0.05, 0.1) is 25.5 Å². The first-order valence-corrected chi connectivity index (χ1v) is 9.71. The van der Waals surface area contributed by atoms with Crippen molar-refractivity contribution < 1.29 is 13.5 Å². The normalized spacial score (nSPS) is 22.0. The molecule has 2 aliphatic rings. The van der Waals surface area contributed by atoms with Crippen molar-refractivity contribution in [1.82, 2.24) is 29.9 Å². The number of hydrogen-bond donors (Lipinski definition) is 2. The highest BCUT2D eigenvalue weighted by atomic mass is 19.1. The van der Waals surface area contributed by atoms with Gasteiger partial charge in [0.15, 0.2) is 11.5 Å². The smallest absolute Gasteiger partial charge is 0.223 e. The lowest BCUT2D eigenvalue weighted by atomic mass is 10.1. The molecule has 0 aromatic carbocycles. The predicted molar refractivity (Wildman–Crippen MR) is 102 cm³/mol. The number of halogens is 2. The Morgan fingerprint density at radius 2 is 2.10 bits per heavy atom. The number of hydrogen-bond acceptors (Lipinski definition) is 7. The number of alkyl halides is 1. The number of aromatic nitrogens is 5. The lowest BCUT2D eigenvalue weighted by molar-refractivity contribution is 0.240. The molecule has 152 valence electrons. The summed E-state index contributed by atoms with van der Waals surface area (Å²) in [6.07, 6.45) is 4.10. The Bertz CT molecular complexity index is 1050. The zero-order valence-electron chi connectivity index (χ0n) is 15.9. The second-order valence-corrected chi connectivity index (χ2v) is 7.44. The van der Waals surface area contributed by atoms with Gasteiger partial charge in [0.2, 0.25) is 5.95 Å². The summed E-state index contributed by atoms with van der Waals surface area (Å²) in [4.78, 5) is 12.6. The van der Waals surface area contributed by atoms with Gasteiger partial charge >= 0.3 is 0 Å². The van der Waals surface area contributed by atoms with Gasteiger partial charge in [0, 0.05) is 18.5 Å². The number of piperidine rings is 1. The van der Waals surface area contributed by atoms with Gasteiger partial charge < -0.3 is 15.4 Å². The molecule has 1 aliphatic heterocycles. The molecule has 3 aromatic rings. The number of nitrogens with zero attached hydrogens (tertiary/aromatic N) is 5. The first kappa shape index (κ1) is 18.2. The van der Waals surface area contributed by atoms with Crippen molar-refractivity contribution in [3.63, 3.8) is 0 Å². The molecule has 1 aliphatic carbocycles. The summed E-state index contributed by atoms with van der Waals surface area (Å²) >= 11 is 0. The van der Waals surface area contributed by atoms with Gasteiger partial charge in [-0.1, -0.05) is 0 Å². The van der Waals surface area contributed by atoms with Crippen molar-refractivity contribution in [2.24, 2.45) is 0 Å². The molecule has 2 fully saturated rings. The van der Waals surface area contributed by atoms with Crippen molar-refractivity contribution in [3.05, 3.63) is 30.0 Å². The van der Waals surface area contributed by atoms with Gasteiger partial charge in [0.25, 0.3) is 0 Å². The molecule has 2 N–H and O–H groups in total. The molecule has 0 unspecified atom stereocenters. The van der Waals surface area contributed by atoms with Crippen LogP contribution in [0.15, 0.2) is 18.5 Å². The van der Waals surface area contributed by atoms with Crippen LogP contribution in [0.4, 0.5) is 14.7 Å². The van der Waals surface area contributed by atoms with E-state index in [0.717, 1.165) is 24.7 Å². The van der Waals surface area contributed by atoms with Gasteiger partial charge in [-0.05, 0) is 25.8 Å². The number of rotatable bonds is 5. The zero-order chi connectivity index (χ0) is 20.0. The van der Waals surface area contributed by atoms with Crippen LogP contribution in [-0.2, 0) is 0 Å². The average Bonchev–Trinajstić information content (AvgIpc) is 3.50. The largest absolute Gasteiger partial charge is 0.495 e. The van der Waals surface area contributed by atoms with Gasteiger partial charge in [0.1, 0.15) is 29.0 Å². The monoisotopic (exact) mass is 401 g/mol. The van der Waals surface area contributed by atoms with E-state index in [4.69, 9.17) is 4.74 Å². The summed E-state index contributed by atoms with van der Waals surface area (Å²) in [5.74, 6) is 0.601. The number of methoxy groups -OCH3 is 1. The first-order chi connectivity index (χ1) is 14.1. The molecule has 2 atom stereocenters. The fourth-order valence-corrected chi connectivity index (χ4v) is 3.63. The number of nitrogens with one attached hydrogen (secondary N) is 2. The summed E-state index contributed by atoms with van der Waals surface area (Å²) in [6, 6.07) is 1.33. The number of ether oxygens (including phenoxy) is 1.